The molecule has 26 heavy (non-hydrogen) atoms. The van der Waals surface area contributed by atoms with Crippen molar-refractivity contribution in [3.63, 3.8) is 0 Å². The minimum atomic E-state index is -1.23. The van der Waals surface area contributed by atoms with E-state index >= 15 is 0 Å². The normalized spacial score (nSPS) is 13.2. The van der Waals surface area contributed by atoms with Crippen molar-refractivity contribution in [2.45, 2.75) is 0 Å². The van der Waals surface area contributed by atoms with Gasteiger partial charge in [0.1, 0.15) is 5.69 Å². The lowest BCUT2D eigenvalue weighted by molar-refractivity contribution is 0.0689. The van der Waals surface area contributed by atoms with E-state index in [0.29, 0.717) is 0 Å². The molecule has 1 aliphatic heterocycles. The molecule has 1 aliphatic rings. The van der Waals surface area contributed by atoms with Crippen molar-refractivity contribution in [1.29, 1.82) is 0 Å². The Hall–Kier alpha value is -3.81. The number of imide groups is 1. The number of amides is 2. The summed E-state index contributed by atoms with van der Waals surface area (Å²) in [4.78, 5) is 36.7. The van der Waals surface area contributed by atoms with Crippen molar-refractivity contribution in [2.75, 3.05) is 4.90 Å². The number of rotatable bonds is 3. The smallest absolute Gasteiger partial charge is 0.356 e. The van der Waals surface area contributed by atoms with E-state index in [2.05, 4.69) is 5.10 Å². The van der Waals surface area contributed by atoms with Crippen LogP contribution in [0.5, 0.6) is 0 Å². The molecule has 2 aromatic carbocycles. The van der Waals surface area contributed by atoms with E-state index in [0.717, 1.165) is 15.6 Å². The average molecular weight is 351 g/mol. The number of fused-ring (bicyclic) bond motifs is 1. The van der Waals surface area contributed by atoms with Crippen molar-refractivity contribution in [3.05, 3.63) is 77.4 Å². The highest BCUT2D eigenvalue weighted by Crippen LogP contribution is 2.30. The number of benzene rings is 2. The number of carboxylic acid groups (broad SMARTS) is 1. The van der Waals surface area contributed by atoms with Gasteiger partial charge in [-0.2, -0.15) is 5.10 Å². The minimum Gasteiger partial charge on any atom is -0.476 e. The molecule has 8 heteroatoms. The predicted molar refractivity (Wildman–Crippen MR) is 88.1 cm³/mol. The van der Waals surface area contributed by atoms with Gasteiger partial charge in [0.25, 0.3) is 11.8 Å². The molecule has 0 unspecified atom stereocenters. The Morgan fingerprint density at radius 2 is 1.65 bits per heavy atom. The summed E-state index contributed by atoms with van der Waals surface area (Å²) < 4.78 is 15.6. The van der Waals surface area contributed by atoms with Crippen molar-refractivity contribution in [1.82, 2.24) is 9.78 Å². The maximum atomic E-state index is 14.5. The fourth-order valence-corrected chi connectivity index (χ4v) is 2.82. The predicted octanol–water partition coefficient (Wildman–Crippen LogP) is 2.51. The van der Waals surface area contributed by atoms with Crippen LogP contribution in [0.4, 0.5) is 10.1 Å². The molecule has 1 aromatic heterocycles. The monoisotopic (exact) mass is 351 g/mol. The fraction of sp³-hybridized carbons (Fsp3) is 0. The Kier molecular flexibility index (Phi) is 3.40. The van der Waals surface area contributed by atoms with Crippen LogP contribution in [-0.2, 0) is 0 Å². The summed E-state index contributed by atoms with van der Waals surface area (Å²) in [7, 11) is 0. The second kappa shape index (κ2) is 5.62. The molecule has 4 rings (SSSR count). The van der Waals surface area contributed by atoms with E-state index in [4.69, 9.17) is 5.11 Å². The summed E-state index contributed by atoms with van der Waals surface area (Å²) in [5.41, 5.74) is 0.384. The third-order valence-corrected chi connectivity index (χ3v) is 4.04. The van der Waals surface area contributed by atoms with Gasteiger partial charge < -0.3 is 5.11 Å². The number of hydrogen-bond acceptors (Lipinski definition) is 4. The minimum absolute atomic E-state index is 0.00198. The van der Waals surface area contributed by atoms with Gasteiger partial charge in [0.2, 0.25) is 0 Å². The number of anilines is 1. The van der Waals surface area contributed by atoms with Gasteiger partial charge in [0.05, 0.1) is 16.8 Å². The Balaban J connectivity index is 1.72. The molecule has 0 saturated heterocycles. The molecule has 3 aromatic rings. The molecule has 7 nitrogen and oxygen atoms in total. The summed E-state index contributed by atoms with van der Waals surface area (Å²) in [6.07, 6.45) is 1.31. The van der Waals surface area contributed by atoms with Gasteiger partial charge in [0.15, 0.2) is 11.5 Å². The first kappa shape index (κ1) is 15.7. The fourth-order valence-electron chi connectivity index (χ4n) is 2.82. The molecule has 2 heterocycles. The zero-order chi connectivity index (χ0) is 18.4. The van der Waals surface area contributed by atoms with Crippen LogP contribution < -0.4 is 4.90 Å². The molecule has 1 N–H and O–H groups in total. The lowest BCUT2D eigenvalue weighted by Gasteiger charge is -2.15. The number of aromatic nitrogens is 2. The van der Waals surface area contributed by atoms with Crippen molar-refractivity contribution < 1.29 is 23.9 Å². The third-order valence-electron chi connectivity index (χ3n) is 4.04. The highest BCUT2D eigenvalue weighted by atomic mass is 19.1. The molecule has 0 spiro atoms. The number of nitrogens with zero attached hydrogens (tertiary/aromatic N) is 3. The second-order valence-corrected chi connectivity index (χ2v) is 5.58. The van der Waals surface area contributed by atoms with Gasteiger partial charge in [-0.3, -0.25) is 9.59 Å². The third kappa shape index (κ3) is 2.27. The van der Waals surface area contributed by atoms with Crippen LogP contribution >= 0.6 is 0 Å². The summed E-state index contributed by atoms with van der Waals surface area (Å²) in [5, 5.41) is 12.7. The standard InChI is InChI=1S/C18H10FN3O4/c19-13-9-10(5-6-15(13)21-8-7-14(20-21)18(25)26)22-16(23)11-3-1-2-4-12(11)17(22)24/h1-9H,(H,25,26). The average Bonchev–Trinajstić information content (AvgIpc) is 3.20. The van der Waals surface area contributed by atoms with Crippen LogP contribution in [0.1, 0.15) is 31.2 Å². The Morgan fingerprint density at radius 3 is 2.19 bits per heavy atom. The van der Waals surface area contributed by atoms with E-state index in [1.165, 1.54) is 36.5 Å². The van der Waals surface area contributed by atoms with Gasteiger partial charge in [0, 0.05) is 12.3 Å². The quantitative estimate of drug-likeness (QED) is 0.732. The van der Waals surface area contributed by atoms with Gasteiger partial charge in [-0.15, -0.1) is 0 Å². The van der Waals surface area contributed by atoms with E-state index in [1.54, 1.807) is 12.1 Å². The first-order valence-corrected chi connectivity index (χ1v) is 7.54. The molecule has 128 valence electrons. The number of carbonyl (C=O) groups excluding carboxylic acids is 2. The van der Waals surface area contributed by atoms with Crippen molar-refractivity contribution in [2.24, 2.45) is 0 Å². The topological polar surface area (TPSA) is 92.5 Å². The summed E-state index contributed by atoms with van der Waals surface area (Å²) in [6, 6.07) is 11.4. The Labute approximate surface area is 145 Å². The van der Waals surface area contributed by atoms with Crippen molar-refractivity contribution in [3.8, 4) is 5.69 Å². The molecule has 0 aliphatic carbocycles. The Morgan fingerprint density at radius 1 is 1.00 bits per heavy atom. The summed E-state index contributed by atoms with van der Waals surface area (Å²) in [5.74, 6) is -3.03. The zero-order valence-electron chi connectivity index (χ0n) is 13.1. The lowest BCUT2D eigenvalue weighted by Crippen LogP contribution is -2.29. The van der Waals surface area contributed by atoms with Gasteiger partial charge in [-0.05, 0) is 30.3 Å². The van der Waals surface area contributed by atoms with E-state index in [1.807, 2.05) is 0 Å². The number of hydrogen-bond donors (Lipinski definition) is 1. The first-order chi connectivity index (χ1) is 12.5. The highest BCUT2D eigenvalue weighted by molar-refractivity contribution is 6.34. The molecular formula is C18H10FN3O4. The van der Waals surface area contributed by atoms with Crippen LogP contribution in [0.25, 0.3) is 5.69 Å². The highest BCUT2D eigenvalue weighted by Gasteiger charge is 2.36. The number of aromatic carboxylic acids is 1. The SMILES string of the molecule is O=C(O)c1ccn(-c2ccc(N3C(=O)c4ccccc4C3=O)cc2F)n1. The van der Waals surface area contributed by atoms with E-state index < -0.39 is 23.6 Å². The van der Waals surface area contributed by atoms with Gasteiger partial charge in [-0.1, -0.05) is 12.1 Å². The van der Waals surface area contributed by atoms with E-state index in [9.17, 15) is 18.8 Å². The summed E-state index contributed by atoms with van der Waals surface area (Å²) >= 11 is 0. The van der Waals surface area contributed by atoms with E-state index in [-0.39, 0.29) is 28.2 Å². The molecule has 0 fully saturated rings. The molecule has 0 saturated carbocycles. The first-order valence-electron chi connectivity index (χ1n) is 7.54. The second-order valence-electron chi connectivity index (χ2n) is 5.58. The van der Waals surface area contributed by atoms with Crippen LogP contribution in [0.2, 0.25) is 0 Å². The maximum Gasteiger partial charge on any atom is 0.356 e. The maximum absolute atomic E-state index is 14.5. The largest absolute Gasteiger partial charge is 0.476 e. The summed E-state index contributed by atoms with van der Waals surface area (Å²) in [6.45, 7) is 0. The van der Waals surface area contributed by atoms with Crippen molar-refractivity contribution >= 4 is 23.5 Å². The Bertz CT molecular complexity index is 1050. The zero-order valence-corrected chi connectivity index (χ0v) is 13.1. The van der Waals surface area contributed by atoms with Gasteiger partial charge >= 0.3 is 5.97 Å². The van der Waals surface area contributed by atoms with Crippen LogP contribution in [0.15, 0.2) is 54.7 Å². The number of carbonyl (C=O) groups is 3. The molecule has 0 bridgehead atoms. The van der Waals surface area contributed by atoms with Crippen LogP contribution in [0, 0.1) is 5.82 Å². The molecular weight excluding hydrogens is 341 g/mol. The number of halogens is 1. The molecule has 2 amide bonds. The number of carboxylic acids is 1. The van der Waals surface area contributed by atoms with Crippen LogP contribution in [-0.4, -0.2) is 32.7 Å². The molecule has 0 atom stereocenters. The lowest BCUT2D eigenvalue weighted by atomic mass is 10.1. The molecule has 0 radical (unpaired) electrons. The van der Waals surface area contributed by atoms with Gasteiger partial charge in [-0.25, -0.2) is 18.8 Å². The van der Waals surface area contributed by atoms with Crippen LogP contribution in [0.3, 0.4) is 0 Å².